The zero-order chi connectivity index (χ0) is 40.2. The van der Waals surface area contributed by atoms with Gasteiger partial charge in [-0.25, -0.2) is 0 Å². The lowest BCUT2D eigenvalue weighted by atomic mass is 9.33. The molecule has 0 atom stereocenters. The Morgan fingerprint density at radius 1 is 0.424 bits per heavy atom. The van der Waals surface area contributed by atoms with Gasteiger partial charge in [-0.05, 0) is 108 Å². The highest BCUT2D eigenvalue weighted by Crippen LogP contribution is 2.48. The van der Waals surface area contributed by atoms with Crippen LogP contribution in [0, 0.1) is 0 Å². The van der Waals surface area contributed by atoms with Crippen LogP contribution in [-0.4, -0.2) is 11.3 Å². The molecular weight excluding hydrogens is 711 g/mol. The summed E-state index contributed by atoms with van der Waals surface area (Å²) in [5, 5.41) is 3.86. The third-order valence-corrected chi connectivity index (χ3v) is 12.9. The topological polar surface area (TPSA) is 8.17 Å². The second kappa shape index (κ2) is 13.0. The van der Waals surface area contributed by atoms with Crippen molar-refractivity contribution in [3.05, 3.63) is 187 Å². The second-order valence-corrected chi connectivity index (χ2v) is 18.6. The number of rotatable bonds is 4. The van der Waals surface area contributed by atoms with E-state index in [9.17, 15) is 0 Å². The minimum absolute atomic E-state index is 0.00420. The summed E-state index contributed by atoms with van der Waals surface area (Å²) in [5.41, 5.74) is 20.3. The van der Waals surface area contributed by atoms with Crippen LogP contribution in [0.25, 0.3) is 60.9 Å². The number of fused-ring (bicyclic) bond motifs is 6. The molecule has 2 aliphatic heterocycles. The Labute approximate surface area is 348 Å². The average molecular weight is 759 g/mol. The Balaban J connectivity index is 1.36. The van der Waals surface area contributed by atoms with E-state index in [0.29, 0.717) is 0 Å². The van der Waals surface area contributed by atoms with Gasteiger partial charge in [0.15, 0.2) is 0 Å². The van der Waals surface area contributed by atoms with Crippen molar-refractivity contribution in [3.63, 3.8) is 0 Å². The number of hydrogen-bond donors (Lipinski definition) is 0. The molecule has 0 aliphatic carbocycles. The summed E-state index contributed by atoms with van der Waals surface area (Å²) in [6, 6.07) is 66.2. The Morgan fingerprint density at radius 3 is 1.66 bits per heavy atom. The van der Waals surface area contributed by atoms with Gasteiger partial charge in [0.05, 0.1) is 11.2 Å². The summed E-state index contributed by atoms with van der Waals surface area (Å²) in [5.74, 6) is 0. The summed E-state index contributed by atoms with van der Waals surface area (Å²) < 4.78 is 2.65. The number of nitrogens with zero attached hydrogens (tertiary/aromatic N) is 2. The Bertz CT molecular complexity index is 3090. The van der Waals surface area contributed by atoms with E-state index < -0.39 is 0 Å². The van der Waals surface area contributed by atoms with Crippen LogP contribution in [0.1, 0.15) is 52.7 Å². The van der Waals surface area contributed by atoms with Crippen LogP contribution >= 0.6 is 0 Å². The maximum Gasteiger partial charge on any atom is 0.252 e. The standard InChI is InChI=1S/C56H47BN2/c1-55(2,3)41-26-29-43(30-27-41)58-47-31-28-42(56(4,5)6)35-46(47)57-51-44-25-17-16-24-39(44)32-45-50(37-20-12-8-13-21-37)53(38-22-14-9-15-23-38)59(54(45)51)49-34-40(33-48(58)52(49)57)36-18-10-7-11-19-36/h7-35H,1-6H3. The summed E-state index contributed by atoms with van der Waals surface area (Å²) in [6.45, 7) is 13.9. The molecule has 0 radical (unpaired) electrons. The smallest absolute Gasteiger partial charge is 0.252 e. The number of hydrogen-bond acceptors (Lipinski definition) is 1. The minimum Gasteiger partial charge on any atom is -0.311 e. The highest BCUT2D eigenvalue weighted by atomic mass is 15.2. The first kappa shape index (κ1) is 35.6. The molecule has 3 heterocycles. The fraction of sp³-hybridized carbons (Fsp3) is 0.143. The zero-order valence-corrected chi connectivity index (χ0v) is 34.7. The molecule has 0 bridgehead atoms. The summed E-state index contributed by atoms with van der Waals surface area (Å²) >= 11 is 0. The van der Waals surface area contributed by atoms with Crippen molar-refractivity contribution in [2.24, 2.45) is 0 Å². The van der Waals surface area contributed by atoms with Crippen LogP contribution < -0.4 is 21.3 Å². The zero-order valence-electron chi connectivity index (χ0n) is 34.7. The Hall–Kier alpha value is -6.58. The van der Waals surface area contributed by atoms with Gasteiger partial charge in [-0.15, -0.1) is 0 Å². The van der Waals surface area contributed by atoms with Crippen molar-refractivity contribution in [1.82, 2.24) is 4.57 Å². The summed E-state index contributed by atoms with van der Waals surface area (Å²) in [6.07, 6.45) is 0. The molecule has 0 amide bonds. The SMILES string of the molecule is CC(C)(C)c1ccc(N2c3ccc(C(C)(C)C)cc3B3c4c2cc(-c2ccccc2)cc4-n2c(-c4ccccc4)c(-c4ccccc4)c4cc5ccccc5c3c42)cc1. The first-order valence-corrected chi connectivity index (χ1v) is 21.1. The predicted octanol–water partition coefficient (Wildman–Crippen LogP) is 13.0. The van der Waals surface area contributed by atoms with Gasteiger partial charge in [-0.3, -0.25) is 0 Å². The van der Waals surface area contributed by atoms with Gasteiger partial charge in [0, 0.05) is 33.7 Å². The van der Waals surface area contributed by atoms with Gasteiger partial charge in [-0.2, -0.15) is 0 Å². The van der Waals surface area contributed by atoms with Crippen LogP contribution in [0.4, 0.5) is 17.1 Å². The molecule has 8 aromatic carbocycles. The van der Waals surface area contributed by atoms with Crippen molar-refractivity contribution in [2.45, 2.75) is 52.4 Å². The normalized spacial score (nSPS) is 13.2. The van der Waals surface area contributed by atoms with Gasteiger partial charge in [0.1, 0.15) is 0 Å². The number of aromatic nitrogens is 1. The van der Waals surface area contributed by atoms with E-state index in [-0.39, 0.29) is 17.5 Å². The first-order valence-electron chi connectivity index (χ1n) is 21.1. The lowest BCUT2D eigenvalue weighted by Crippen LogP contribution is -2.61. The third kappa shape index (κ3) is 5.48. The van der Waals surface area contributed by atoms with E-state index in [1.165, 1.54) is 105 Å². The molecule has 0 saturated carbocycles. The van der Waals surface area contributed by atoms with E-state index in [1.54, 1.807) is 0 Å². The number of anilines is 3. The maximum atomic E-state index is 2.65. The molecule has 0 saturated heterocycles. The predicted molar refractivity (Wildman–Crippen MR) is 254 cm³/mol. The Morgan fingerprint density at radius 2 is 1.00 bits per heavy atom. The first-order chi connectivity index (χ1) is 28.6. The lowest BCUT2D eigenvalue weighted by Gasteiger charge is -2.42. The van der Waals surface area contributed by atoms with Gasteiger partial charge in [0.25, 0.3) is 6.71 Å². The quantitative estimate of drug-likeness (QED) is 0.162. The van der Waals surface area contributed by atoms with Crippen LogP contribution in [0.5, 0.6) is 0 Å². The van der Waals surface area contributed by atoms with Crippen molar-refractivity contribution >= 4 is 61.8 Å². The molecule has 2 aliphatic rings. The van der Waals surface area contributed by atoms with Gasteiger partial charge in [-0.1, -0.05) is 181 Å². The van der Waals surface area contributed by atoms with Crippen molar-refractivity contribution in [3.8, 4) is 39.2 Å². The highest BCUT2D eigenvalue weighted by molar-refractivity contribution is 7.01. The van der Waals surface area contributed by atoms with Crippen LogP contribution in [0.3, 0.4) is 0 Å². The molecule has 0 unspecified atom stereocenters. The van der Waals surface area contributed by atoms with E-state index >= 15 is 0 Å². The molecule has 1 aromatic heterocycles. The fourth-order valence-electron chi connectivity index (χ4n) is 9.96. The van der Waals surface area contributed by atoms with Crippen LogP contribution in [0.2, 0.25) is 0 Å². The van der Waals surface area contributed by atoms with Crippen molar-refractivity contribution in [1.29, 1.82) is 0 Å². The second-order valence-electron chi connectivity index (χ2n) is 18.6. The third-order valence-electron chi connectivity index (χ3n) is 12.9. The maximum absolute atomic E-state index is 2.65. The van der Waals surface area contributed by atoms with Crippen molar-refractivity contribution < 1.29 is 0 Å². The summed E-state index contributed by atoms with van der Waals surface area (Å²) in [7, 11) is 0. The molecule has 9 aromatic rings. The monoisotopic (exact) mass is 758 g/mol. The molecule has 0 spiro atoms. The molecule has 3 heteroatoms. The lowest BCUT2D eigenvalue weighted by molar-refractivity contribution is 0.590. The van der Waals surface area contributed by atoms with Gasteiger partial charge < -0.3 is 9.47 Å². The van der Waals surface area contributed by atoms with Crippen LogP contribution in [0.15, 0.2) is 176 Å². The molecule has 11 rings (SSSR count). The molecule has 0 fully saturated rings. The fourth-order valence-corrected chi connectivity index (χ4v) is 9.96. The molecule has 0 N–H and O–H groups in total. The Kier molecular flexibility index (Phi) is 7.82. The average Bonchev–Trinajstić information content (AvgIpc) is 3.60. The van der Waals surface area contributed by atoms with Gasteiger partial charge >= 0.3 is 0 Å². The van der Waals surface area contributed by atoms with E-state index in [2.05, 4.69) is 227 Å². The molecule has 284 valence electrons. The molecule has 2 nitrogen and oxygen atoms in total. The van der Waals surface area contributed by atoms with Crippen molar-refractivity contribution in [2.75, 3.05) is 4.90 Å². The number of benzene rings is 8. The van der Waals surface area contributed by atoms with E-state index in [1.807, 2.05) is 0 Å². The van der Waals surface area contributed by atoms with E-state index in [0.717, 1.165) is 0 Å². The summed E-state index contributed by atoms with van der Waals surface area (Å²) in [4.78, 5) is 2.56. The van der Waals surface area contributed by atoms with Crippen LogP contribution in [-0.2, 0) is 10.8 Å². The van der Waals surface area contributed by atoms with Gasteiger partial charge in [0.2, 0.25) is 0 Å². The van der Waals surface area contributed by atoms with E-state index in [4.69, 9.17) is 0 Å². The molecule has 59 heavy (non-hydrogen) atoms. The minimum atomic E-state index is -0.0294. The molecular formula is C56H47BN2. The largest absolute Gasteiger partial charge is 0.311 e. The highest BCUT2D eigenvalue weighted by Gasteiger charge is 2.44.